The summed E-state index contributed by atoms with van der Waals surface area (Å²) in [7, 11) is 0. The molecule has 1 unspecified atom stereocenters. The Hall–Kier alpha value is -0.610. The van der Waals surface area contributed by atoms with Gasteiger partial charge in [0.15, 0.2) is 0 Å². The second-order valence-electron chi connectivity index (χ2n) is 4.10. The number of aromatic nitrogens is 1. The Morgan fingerprint density at radius 1 is 1.16 bits per heavy atom. The molecule has 0 aliphatic carbocycles. The summed E-state index contributed by atoms with van der Waals surface area (Å²) in [6.45, 7) is 2.91. The average molecular weight is 360 g/mol. The maximum atomic E-state index is 6.09. The molecule has 5 heteroatoms. The summed E-state index contributed by atoms with van der Waals surface area (Å²) in [6.07, 6.45) is 3.61. The van der Waals surface area contributed by atoms with Gasteiger partial charge in [0, 0.05) is 16.9 Å². The van der Waals surface area contributed by atoms with E-state index < -0.39 is 0 Å². The van der Waals surface area contributed by atoms with Gasteiger partial charge in [0.2, 0.25) is 0 Å². The van der Waals surface area contributed by atoms with Crippen molar-refractivity contribution in [3.05, 3.63) is 62.3 Å². The molecule has 2 rings (SSSR count). The second kappa shape index (κ2) is 6.71. The van der Waals surface area contributed by atoms with Crippen molar-refractivity contribution in [3.8, 4) is 0 Å². The summed E-state index contributed by atoms with van der Waals surface area (Å²) in [5.74, 6) is 0. The number of hydrogen-bond acceptors (Lipinski definition) is 2. The van der Waals surface area contributed by atoms with Crippen LogP contribution in [0, 0.1) is 0 Å². The van der Waals surface area contributed by atoms with Gasteiger partial charge in [-0.05, 0) is 51.8 Å². The zero-order valence-corrected chi connectivity index (χ0v) is 13.4. The van der Waals surface area contributed by atoms with Crippen LogP contribution in [0.2, 0.25) is 10.0 Å². The van der Waals surface area contributed by atoms with Crippen LogP contribution in [0.1, 0.15) is 24.1 Å². The highest BCUT2D eigenvalue weighted by Gasteiger charge is 2.14. The molecule has 1 heterocycles. The molecule has 0 radical (unpaired) electrons. The van der Waals surface area contributed by atoms with E-state index in [2.05, 4.69) is 33.2 Å². The molecule has 0 aliphatic rings. The first kappa shape index (κ1) is 14.8. The third kappa shape index (κ3) is 3.69. The standard InChI is InChI=1S/C14H13BrCl2N2/c1-2-19-14(10-5-11(15)8-18-7-10)9-3-4-12(16)13(17)6-9/h3-8,14,19H,2H2,1H3. The Balaban J connectivity index is 2.42. The fourth-order valence-electron chi connectivity index (χ4n) is 1.91. The monoisotopic (exact) mass is 358 g/mol. The van der Waals surface area contributed by atoms with Crippen molar-refractivity contribution >= 4 is 39.1 Å². The van der Waals surface area contributed by atoms with Gasteiger partial charge in [0.25, 0.3) is 0 Å². The lowest BCUT2D eigenvalue weighted by Gasteiger charge is -2.19. The molecule has 19 heavy (non-hydrogen) atoms. The summed E-state index contributed by atoms with van der Waals surface area (Å²) in [6, 6.07) is 7.77. The van der Waals surface area contributed by atoms with Crippen LogP contribution < -0.4 is 5.32 Å². The van der Waals surface area contributed by atoms with Gasteiger partial charge in [0.05, 0.1) is 16.1 Å². The fraction of sp³-hybridized carbons (Fsp3) is 0.214. The molecule has 0 fully saturated rings. The predicted molar refractivity (Wildman–Crippen MR) is 83.9 cm³/mol. The van der Waals surface area contributed by atoms with Gasteiger partial charge >= 0.3 is 0 Å². The van der Waals surface area contributed by atoms with Crippen molar-refractivity contribution in [2.75, 3.05) is 6.54 Å². The van der Waals surface area contributed by atoms with Crippen molar-refractivity contribution < 1.29 is 0 Å². The van der Waals surface area contributed by atoms with Crippen molar-refractivity contribution in [2.24, 2.45) is 0 Å². The minimum atomic E-state index is 0.0461. The van der Waals surface area contributed by atoms with Crippen LogP contribution in [0.5, 0.6) is 0 Å². The molecule has 2 aromatic rings. The summed E-state index contributed by atoms with van der Waals surface area (Å²) < 4.78 is 0.952. The van der Waals surface area contributed by atoms with E-state index in [0.29, 0.717) is 10.0 Å². The highest BCUT2D eigenvalue weighted by molar-refractivity contribution is 9.10. The van der Waals surface area contributed by atoms with Crippen molar-refractivity contribution in [1.29, 1.82) is 0 Å². The van der Waals surface area contributed by atoms with E-state index in [1.165, 1.54) is 0 Å². The number of hydrogen-bond donors (Lipinski definition) is 1. The van der Waals surface area contributed by atoms with E-state index in [4.69, 9.17) is 23.2 Å². The van der Waals surface area contributed by atoms with Crippen LogP contribution in [0.25, 0.3) is 0 Å². The van der Waals surface area contributed by atoms with Gasteiger partial charge in [-0.25, -0.2) is 0 Å². The van der Waals surface area contributed by atoms with E-state index in [1.807, 2.05) is 30.5 Å². The molecular formula is C14H13BrCl2N2. The molecule has 0 aliphatic heterocycles. The Morgan fingerprint density at radius 3 is 2.58 bits per heavy atom. The molecule has 0 spiro atoms. The van der Waals surface area contributed by atoms with Crippen molar-refractivity contribution in [2.45, 2.75) is 13.0 Å². The lowest BCUT2D eigenvalue weighted by atomic mass is 10.0. The van der Waals surface area contributed by atoms with Gasteiger partial charge < -0.3 is 5.32 Å². The van der Waals surface area contributed by atoms with Crippen LogP contribution in [-0.4, -0.2) is 11.5 Å². The minimum Gasteiger partial charge on any atom is -0.306 e. The fourth-order valence-corrected chi connectivity index (χ4v) is 2.60. The molecule has 0 saturated carbocycles. The summed E-state index contributed by atoms with van der Waals surface area (Å²) >= 11 is 15.5. The van der Waals surface area contributed by atoms with Crippen LogP contribution in [0.15, 0.2) is 41.1 Å². The van der Waals surface area contributed by atoms with Crippen LogP contribution in [-0.2, 0) is 0 Å². The highest BCUT2D eigenvalue weighted by atomic mass is 79.9. The largest absolute Gasteiger partial charge is 0.306 e. The van der Waals surface area contributed by atoms with E-state index in [9.17, 15) is 0 Å². The zero-order valence-electron chi connectivity index (χ0n) is 10.3. The van der Waals surface area contributed by atoms with E-state index in [1.54, 1.807) is 6.20 Å². The molecule has 1 N–H and O–H groups in total. The summed E-state index contributed by atoms with van der Waals surface area (Å²) in [4.78, 5) is 4.21. The van der Waals surface area contributed by atoms with Crippen LogP contribution >= 0.6 is 39.1 Å². The second-order valence-corrected chi connectivity index (χ2v) is 5.83. The molecule has 0 saturated heterocycles. The minimum absolute atomic E-state index is 0.0461. The maximum Gasteiger partial charge on any atom is 0.0595 e. The summed E-state index contributed by atoms with van der Waals surface area (Å²) in [5.41, 5.74) is 2.14. The molecule has 0 amide bonds. The predicted octanol–water partition coefficient (Wildman–Crippen LogP) is 4.85. The van der Waals surface area contributed by atoms with E-state index in [0.717, 1.165) is 22.1 Å². The van der Waals surface area contributed by atoms with Crippen molar-refractivity contribution in [3.63, 3.8) is 0 Å². The number of nitrogens with zero attached hydrogens (tertiary/aromatic N) is 1. The first-order chi connectivity index (χ1) is 9.11. The topological polar surface area (TPSA) is 24.9 Å². The Kier molecular flexibility index (Phi) is 5.22. The zero-order chi connectivity index (χ0) is 13.8. The van der Waals surface area contributed by atoms with Gasteiger partial charge in [-0.1, -0.05) is 36.2 Å². The molecule has 0 bridgehead atoms. The SMILES string of the molecule is CCNC(c1cncc(Br)c1)c1ccc(Cl)c(Cl)c1. The highest BCUT2D eigenvalue weighted by Crippen LogP contribution is 2.29. The molecule has 1 aromatic carbocycles. The normalized spacial score (nSPS) is 12.4. The quantitative estimate of drug-likeness (QED) is 0.843. The molecular weight excluding hydrogens is 347 g/mol. The number of benzene rings is 1. The Labute approximate surface area is 131 Å². The molecule has 1 atom stereocenters. The van der Waals surface area contributed by atoms with Gasteiger partial charge in [-0.15, -0.1) is 0 Å². The maximum absolute atomic E-state index is 6.09. The number of rotatable bonds is 4. The van der Waals surface area contributed by atoms with Gasteiger partial charge in [-0.3, -0.25) is 4.98 Å². The first-order valence-electron chi connectivity index (χ1n) is 5.90. The van der Waals surface area contributed by atoms with Crippen LogP contribution in [0.3, 0.4) is 0 Å². The Morgan fingerprint density at radius 2 is 1.95 bits per heavy atom. The van der Waals surface area contributed by atoms with E-state index in [-0.39, 0.29) is 6.04 Å². The van der Waals surface area contributed by atoms with Crippen molar-refractivity contribution in [1.82, 2.24) is 10.3 Å². The average Bonchev–Trinajstić information content (AvgIpc) is 2.39. The smallest absolute Gasteiger partial charge is 0.0595 e. The lowest BCUT2D eigenvalue weighted by molar-refractivity contribution is 0.628. The van der Waals surface area contributed by atoms with E-state index >= 15 is 0 Å². The van der Waals surface area contributed by atoms with Crippen LogP contribution in [0.4, 0.5) is 0 Å². The lowest BCUT2D eigenvalue weighted by Crippen LogP contribution is -2.22. The number of pyridine rings is 1. The third-order valence-electron chi connectivity index (χ3n) is 2.74. The number of nitrogens with one attached hydrogen (secondary N) is 1. The third-order valence-corrected chi connectivity index (χ3v) is 3.92. The molecule has 2 nitrogen and oxygen atoms in total. The Bertz CT molecular complexity index is 575. The summed E-state index contributed by atoms with van der Waals surface area (Å²) in [5, 5.41) is 4.55. The molecule has 1 aromatic heterocycles. The first-order valence-corrected chi connectivity index (χ1v) is 7.45. The number of halogens is 3. The van der Waals surface area contributed by atoms with Gasteiger partial charge in [-0.2, -0.15) is 0 Å². The van der Waals surface area contributed by atoms with Gasteiger partial charge in [0.1, 0.15) is 0 Å². The molecule has 100 valence electrons.